The Morgan fingerprint density at radius 1 is 1.38 bits per heavy atom. The quantitative estimate of drug-likeness (QED) is 0.809. The summed E-state index contributed by atoms with van der Waals surface area (Å²) in [5.74, 6) is -0.0395. The van der Waals surface area contributed by atoms with E-state index in [4.69, 9.17) is 0 Å². The van der Waals surface area contributed by atoms with Crippen LogP contribution in [0.4, 0.5) is 5.69 Å². The van der Waals surface area contributed by atoms with Gasteiger partial charge >= 0.3 is 0 Å². The van der Waals surface area contributed by atoms with Crippen molar-refractivity contribution in [2.45, 2.75) is 6.42 Å². The molecule has 0 atom stereocenters. The van der Waals surface area contributed by atoms with Crippen LogP contribution in [-0.2, 0) is 11.2 Å². The van der Waals surface area contributed by atoms with Crippen LogP contribution in [0.25, 0.3) is 0 Å². The van der Waals surface area contributed by atoms with E-state index in [1.54, 1.807) is 0 Å². The molecule has 1 N–H and O–H groups in total. The third-order valence-corrected chi connectivity index (χ3v) is 2.16. The van der Waals surface area contributed by atoms with Crippen LogP contribution in [0.15, 0.2) is 24.3 Å². The Kier molecular flexibility index (Phi) is 3.96. The number of amides is 1. The van der Waals surface area contributed by atoms with Crippen LogP contribution in [0.3, 0.4) is 0 Å². The molecule has 1 radical (unpaired) electrons. The van der Waals surface area contributed by atoms with E-state index < -0.39 is 0 Å². The van der Waals surface area contributed by atoms with Crippen molar-refractivity contribution in [1.29, 1.82) is 0 Å². The number of rotatable bonds is 3. The first kappa shape index (κ1) is 10.3. The van der Waals surface area contributed by atoms with Gasteiger partial charge in [0, 0.05) is 5.69 Å². The molecule has 13 heavy (non-hydrogen) atoms. The van der Waals surface area contributed by atoms with Gasteiger partial charge in [0.25, 0.3) is 0 Å². The maximum Gasteiger partial charge on any atom is 0.235 e. The fourth-order valence-corrected chi connectivity index (χ4v) is 1.09. The lowest BCUT2D eigenvalue weighted by Gasteiger charge is -2.03. The van der Waals surface area contributed by atoms with Gasteiger partial charge in [-0.1, -0.05) is 28.1 Å². The summed E-state index contributed by atoms with van der Waals surface area (Å²) in [7, 11) is 0. The van der Waals surface area contributed by atoms with Gasteiger partial charge in [0.05, 0.1) is 5.33 Å². The van der Waals surface area contributed by atoms with Gasteiger partial charge in [-0.05, 0) is 31.0 Å². The zero-order valence-electron chi connectivity index (χ0n) is 7.22. The molecule has 3 heteroatoms. The van der Waals surface area contributed by atoms with Crippen LogP contribution < -0.4 is 5.32 Å². The fraction of sp³-hybridized carbons (Fsp3) is 0.200. The third-order valence-electron chi connectivity index (χ3n) is 1.65. The summed E-state index contributed by atoms with van der Waals surface area (Å²) in [4.78, 5) is 11.0. The van der Waals surface area contributed by atoms with E-state index >= 15 is 0 Å². The Labute approximate surface area is 86.5 Å². The molecule has 0 bridgehead atoms. The van der Waals surface area contributed by atoms with Gasteiger partial charge in [-0.3, -0.25) is 4.79 Å². The first-order valence-electron chi connectivity index (χ1n) is 4.00. The Balaban J connectivity index is 2.64. The molecule has 0 saturated carbocycles. The molecule has 0 unspecified atom stereocenters. The minimum atomic E-state index is -0.0395. The summed E-state index contributed by atoms with van der Waals surface area (Å²) in [5, 5.41) is 3.06. The van der Waals surface area contributed by atoms with E-state index in [0.717, 1.165) is 17.7 Å². The average Bonchev–Trinajstić information content (AvgIpc) is 2.19. The van der Waals surface area contributed by atoms with E-state index in [9.17, 15) is 4.79 Å². The molecule has 0 fully saturated rings. The van der Waals surface area contributed by atoms with Crippen LogP contribution in [0.5, 0.6) is 0 Å². The van der Waals surface area contributed by atoms with Crippen LogP contribution in [0.2, 0.25) is 0 Å². The second-order valence-corrected chi connectivity index (χ2v) is 3.19. The molecule has 1 aromatic carbocycles. The van der Waals surface area contributed by atoms with Crippen LogP contribution in [-0.4, -0.2) is 11.2 Å². The van der Waals surface area contributed by atoms with Gasteiger partial charge in [-0.15, -0.1) is 0 Å². The third kappa shape index (κ3) is 3.19. The van der Waals surface area contributed by atoms with Gasteiger partial charge in [0.1, 0.15) is 0 Å². The smallest absolute Gasteiger partial charge is 0.235 e. The summed E-state index contributed by atoms with van der Waals surface area (Å²) in [6, 6.07) is 7.66. The number of carbonyl (C=O) groups excluding carboxylic acids is 1. The van der Waals surface area contributed by atoms with Gasteiger partial charge in [-0.2, -0.15) is 0 Å². The standard InChI is InChI=1S/C10H11BrNO/c1-2-8-3-5-9(6-4-8)12-10(13)7-11/h3-6H,1-2,7H2,(H,12,13). The van der Waals surface area contributed by atoms with E-state index in [0.29, 0.717) is 5.33 Å². The van der Waals surface area contributed by atoms with Crippen molar-refractivity contribution in [3.8, 4) is 0 Å². The van der Waals surface area contributed by atoms with Crippen molar-refractivity contribution >= 4 is 27.5 Å². The first-order valence-corrected chi connectivity index (χ1v) is 5.12. The second kappa shape index (κ2) is 5.02. The highest BCUT2D eigenvalue weighted by Crippen LogP contribution is 2.09. The molecule has 1 rings (SSSR count). The summed E-state index contributed by atoms with van der Waals surface area (Å²) in [6.07, 6.45) is 0.771. The molecular formula is C10H11BrNO. The minimum absolute atomic E-state index is 0.0395. The molecule has 0 aliphatic carbocycles. The number of hydrogen-bond donors (Lipinski definition) is 1. The van der Waals surface area contributed by atoms with Gasteiger partial charge in [0.2, 0.25) is 5.91 Å². The maximum absolute atomic E-state index is 11.0. The summed E-state index contributed by atoms with van der Waals surface area (Å²) < 4.78 is 0. The monoisotopic (exact) mass is 240 g/mol. The molecule has 1 amide bonds. The highest BCUT2D eigenvalue weighted by Gasteiger charge is 1.98. The van der Waals surface area contributed by atoms with Crippen LogP contribution >= 0.6 is 15.9 Å². The number of benzene rings is 1. The Morgan fingerprint density at radius 3 is 2.46 bits per heavy atom. The average molecular weight is 241 g/mol. The predicted octanol–water partition coefficient (Wildman–Crippen LogP) is 2.40. The van der Waals surface area contributed by atoms with E-state index in [-0.39, 0.29) is 5.91 Å². The molecule has 0 saturated heterocycles. The normalized spacial score (nSPS) is 9.69. The van der Waals surface area contributed by atoms with E-state index in [2.05, 4.69) is 28.2 Å². The van der Waals surface area contributed by atoms with Crippen molar-refractivity contribution in [3.63, 3.8) is 0 Å². The highest BCUT2D eigenvalue weighted by molar-refractivity contribution is 9.09. The second-order valence-electron chi connectivity index (χ2n) is 2.63. The molecule has 2 nitrogen and oxygen atoms in total. The van der Waals surface area contributed by atoms with E-state index in [1.807, 2.05) is 24.3 Å². The summed E-state index contributed by atoms with van der Waals surface area (Å²) >= 11 is 3.08. The molecule has 0 aromatic heterocycles. The number of nitrogens with one attached hydrogen (secondary N) is 1. The van der Waals surface area contributed by atoms with Crippen molar-refractivity contribution < 1.29 is 4.79 Å². The van der Waals surface area contributed by atoms with Crippen molar-refractivity contribution in [2.75, 3.05) is 10.6 Å². The van der Waals surface area contributed by atoms with Gasteiger partial charge in [0.15, 0.2) is 0 Å². The highest BCUT2D eigenvalue weighted by atomic mass is 79.9. The van der Waals surface area contributed by atoms with E-state index in [1.165, 1.54) is 0 Å². The first-order chi connectivity index (χ1) is 6.26. The largest absolute Gasteiger partial charge is 0.325 e. The molecule has 0 heterocycles. The SMILES string of the molecule is [CH2]Cc1ccc(NC(=O)CBr)cc1. The molecule has 0 aliphatic heterocycles. The van der Waals surface area contributed by atoms with Gasteiger partial charge in [-0.25, -0.2) is 0 Å². The van der Waals surface area contributed by atoms with Crippen LogP contribution in [0.1, 0.15) is 5.56 Å². The van der Waals surface area contributed by atoms with Gasteiger partial charge < -0.3 is 5.32 Å². The molecule has 0 spiro atoms. The number of hydrogen-bond acceptors (Lipinski definition) is 1. The predicted molar refractivity (Wildman–Crippen MR) is 57.9 cm³/mol. The number of alkyl halides is 1. The lowest BCUT2D eigenvalue weighted by atomic mass is 10.1. The molecule has 69 valence electrons. The number of carbonyl (C=O) groups is 1. The zero-order valence-corrected chi connectivity index (χ0v) is 8.80. The maximum atomic E-state index is 11.0. The summed E-state index contributed by atoms with van der Waals surface area (Å²) in [5.41, 5.74) is 1.98. The molecule has 1 aromatic rings. The van der Waals surface area contributed by atoms with Crippen LogP contribution in [0, 0.1) is 6.92 Å². The Morgan fingerprint density at radius 2 is 2.00 bits per heavy atom. The topological polar surface area (TPSA) is 29.1 Å². The number of halogens is 1. The Hall–Kier alpha value is -0.830. The number of anilines is 1. The lowest BCUT2D eigenvalue weighted by molar-refractivity contribution is -0.113. The zero-order chi connectivity index (χ0) is 9.68. The minimum Gasteiger partial charge on any atom is -0.325 e. The van der Waals surface area contributed by atoms with Crippen molar-refractivity contribution in [1.82, 2.24) is 0 Å². The lowest BCUT2D eigenvalue weighted by Crippen LogP contribution is -2.11. The Bertz CT molecular complexity index is 281. The van der Waals surface area contributed by atoms with Crippen molar-refractivity contribution in [3.05, 3.63) is 36.8 Å². The summed E-state index contributed by atoms with van der Waals surface area (Å²) in [6.45, 7) is 3.77. The fourth-order valence-electron chi connectivity index (χ4n) is 0.949. The van der Waals surface area contributed by atoms with Crippen molar-refractivity contribution in [2.24, 2.45) is 0 Å². The molecular weight excluding hydrogens is 230 g/mol. The molecule has 0 aliphatic rings.